The van der Waals surface area contributed by atoms with Crippen molar-refractivity contribution in [1.29, 1.82) is 0 Å². The zero-order valence-corrected chi connectivity index (χ0v) is 11.5. The predicted octanol–water partition coefficient (Wildman–Crippen LogP) is 1.80. The van der Waals surface area contributed by atoms with Crippen molar-refractivity contribution >= 4 is 16.6 Å². The van der Waals surface area contributed by atoms with Crippen molar-refractivity contribution in [3.8, 4) is 0 Å². The van der Waals surface area contributed by atoms with Crippen LogP contribution in [0.1, 0.15) is 0 Å². The summed E-state index contributed by atoms with van der Waals surface area (Å²) in [5.74, 6) is 0.634. The SMILES string of the molecule is COC[C@H]1CNCCN1c1nccc2c(F)cccc12. The van der Waals surface area contributed by atoms with Gasteiger partial charge in [0.15, 0.2) is 0 Å². The number of anilines is 1. The highest BCUT2D eigenvalue weighted by atomic mass is 19.1. The van der Waals surface area contributed by atoms with Crippen LogP contribution in [0.3, 0.4) is 0 Å². The number of hydrogen-bond acceptors (Lipinski definition) is 4. The van der Waals surface area contributed by atoms with Gasteiger partial charge in [-0.05, 0) is 12.1 Å². The molecule has 0 unspecified atom stereocenters. The van der Waals surface area contributed by atoms with E-state index in [1.807, 2.05) is 6.07 Å². The van der Waals surface area contributed by atoms with Crippen molar-refractivity contribution in [1.82, 2.24) is 10.3 Å². The zero-order chi connectivity index (χ0) is 13.9. The van der Waals surface area contributed by atoms with E-state index in [0.29, 0.717) is 12.0 Å². The van der Waals surface area contributed by atoms with E-state index in [1.54, 1.807) is 25.4 Å². The van der Waals surface area contributed by atoms with Gasteiger partial charge in [0.25, 0.3) is 0 Å². The summed E-state index contributed by atoms with van der Waals surface area (Å²) in [5.41, 5.74) is 0. The Balaban J connectivity index is 2.06. The van der Waals surface area contributed by atoms with E-state index in [-0.39, 0.29) is 11.9 Å². The molecule has 0 saturated carbocycles. The van der Waals surface area contributed by atoms with Gasteiger partial charge in [-0.3, -0.25) is 0 Å². The Morgan fingerprint density at radius 2 is 2.30 bits per heavy atom. The van der Waals surface area contributed by atoms with Crippen LogP contribution in [0.4, 0.5) is 10.2 Å². The summed E-state index contributed by atoms with van der Waals surface area (Å²) in [4.78, 5) is 6.69. The lowest BCUT2D eigenvalue weighted by molar-refractivity contribution is 0.170. The molecule has 0 aliphatic carbocycles. The standard InChI is InChI=1S/C15H18FN3O/c1-20-10-11-9-17-7-8-19(11)15-13-3-2-4-14(16)12(13)5-6-18-15/h2-6,11,17H,7-10H2,1H3/t11-/m1/s1. The first-order valence-corrected chi connectivity index (χ1v) is 6.81. The minimum Gasteiger partial charge on any atom is -0.383 e. The van der Waals surface area contributed by atoms with E-state index >= 15 is 0 Å². The van der Waals surface area contributed by atoms with Gasteiger partial charge in [-0.2, -0.15) is 0 Å². The molecular formula is C15H18FN3O. The van der Waals surface area contributed by atoms with E-state index in [0.717, 1.165) is 30.8 Å². The molecule has 0 amide bonds. The highest BCUT2D eigenvalue weighted by molar-refractivity contribution is 5.92. The van der Waals surface area contributed by atoms with E-state index < -0.39 is 0 Å². The first-order chi connectivity index (χ1) is 9.81. The largest absolute Gasteiger partial charge is 0.383 e. The Labute approximate surface area is 117 Å². The summed E-state index contributed by atoms with van der Waals surface area (Å²) in [6.45, 7) is 3.21. The van der Waals surface area contributed by atoms with Crippen LogP contribution in [0, 0.1) is 5.82 Å². The Hall–Kier alpha value is -1.72. The maximum Gasteiger partial charge on any atom is 0.136 e. The van der Waals surface area contributed by atoms with Crippen molar-refractivity contribution in [2.24, 2.45) is 0 Å². The molecule has 0 spiro atoms. The van der Waals surface area contributed by atoms with Gasteiger partial charge < -0.3 is 15.0 Å². The second kappa shape index (κ2) is 5.73. The number of nitrogens with one attached hydrogen (secondary N) is 1. The first kappa shape index (κ1) is 13.3. The van der Waals surface area contributed by atoms with Crippen LogP contribution in [-0.2, 0) is 4.74 Å². The molecule has 1 N–H and O–H groups in total. The average molecular weight is 275 g/mol. The third-order valence-corrected chi connectivity index (χ3v) is 3.71. The smallest absolute Gasteiger partial charge is 0.136 e. The molecule has 0 bridgehead atoms. The Kier molecular flexibility index (Phi) is 3.80. The van der Waals surface area contributed by atoms with Crippen LogP contribution in [-0.4, -0.2) is 44.4 Å². The molecule has 4 nitrogen and oxygen atoms in total. The number of fused-ring (bicyclic) bond motifs is 1. The van der Waals surface area contributed by atoms with Gasteiger partial charge in [0, 0.05) is 43.7 Å². The summed E-state index contributed by atoms with van der Waals surface area (Å²) in [6.07, 6.45) is 1.67. The Bertz CT molecular complexity index is 603. The van der Waals surface area contributed by atoms with E-state index in [1.165, 1.54) is 6.07 Å². The number of methoxy groups -OCH3 is 1. The van der Waals surface area contributed by atoms with Gasteiger partial charge in [0.2, 0.25) is 0 Å². The number of piperazine rings is 1. The number of halogens is 1. The molecular weight excluding hydrogens is 257 g/mol. The lowest BCUT2D eigenvalue weighted by atomic mass is 10.1. The topological polar surface area (TPSA) is 37.4 Å². The molecule has 20 heavy (non-hydrogen) atoms. The molecule has 1 atom stereocenters. The predicted molar refractivity (Wildman–Crippen MR) is 77.6 cm³/mol. The number of nitrogens with zero attached hydrogens (tertiary/aromatic N) is 2. The molecule has 5 heteroatoms. The van der Waals surface area contributed by atoms with Crippen molar-refractivity contribution in [2.45, 2.75) is 6.04 Å². The van der Waals surface area contributed by atoms with Gasteiger partial charge in [0.1, 0.15) is 11.6 Å². The Morgan fingerprint density at radius 1 is 1.40 bits per heavy atom. The van der Waals surface area contributed by atoms with Gasteiger partial charge >= 0.3 is 0 Å². The lowest BCUT2D eigenvalue weighted by Gasteiger charge is -2.37. The third-order valence-electron chi connectivity index (χ3n) is 3.71. The fourth-order valence-electron chi connectivity index (χ4n) is 2.76. The maximum absolute atomic E-state index is 13.9. The summed E-state index contributed by atoms with van der Waals surface area (Å²) in [6, 6.07) is 7.08. The van der Waals surface area contributed by atoms with Gasteiger partial charge in [-0.1, -0.05) is 12.1 Å². The molecule has 1 aromatic heterocycles. The van der Waals surface area contributed by atoms with Crippen LogP contribution in [0.15, 0.2) is 30.5 Å². The number of pyridine rings is 1. The average Bonchev–Trinajstić information content (AvgIpc) is 2.48. The minimum atomic E-state index is -0.204. The van der Waals surface area contributed by atoms with Gasteiger partial charge in [-0.25, -0.2) is 9.37 Å². The maximum atomic E-state index is 13.9. The van der Waals surface area contributed by atoms with Crippen molar-refractivity contribution in [2.75, 3.05) is 38.3 Å². The zero-order valence-electron chi connectivity index (χ0n) is 11.5. The number of benzene rings is 1. The van der Waals surface area contributed by atoms with Gasteiger partial charge in [-0.15, -0.1) is 0 Å². The van der Waals surface area contributed by atoms with Crippen molar-refractivity contribution < 1.29 is 9.13 Å². The number of ether oxygens (including phenoxy) is 1. The van der Waals surface area contributed by atoms with Crippen LogP contribution >= 0.6 is 0 Å². The highest BCUT2D eigenvalue weighted by Crippen LogP contribution is 2.27. The highest BCUT2D eigenvalue weighted by Gasteiger charge is 2.24. The van der Waals surface area contributed by atoms with Crippen LogP contribution < -0.4 is 10.2 Å². The fourth-order valence-corrected chi connectivity index (χ4v) is 2.76. The fraction of sp³-hybridized carbons (Fsp3) is 0.400. The van der Waals surface area contributed by atoms with Crippen molar-refractivity contribution in [3.05, 3.63) is 36.3 Å². The number of hydrogen-bond donors (Lipinski definition) is 1. The summed E-state index contributed by atoms with van der Waals surface area (Å²) < 4.78 is 19.2. The quantitative estimate of drug-likeness (QED) is 0.927. The molecule has 1 fully saturated rings. The summed E-state index contributed by atoms with van der Waals surface area (Å²) in [7, 11) is 1.70. The Morgan fingerprint density at radius 3 is 3.15 bits per heavy atom. The molecule has 106 valence electrons. The molecule has 2 heterocycles. The first-order valence-electron chi connectivity index (χ1n) is 6.81. The van der Waals surface area contributed by atoms with Crippen molar-refractivity contribution in [3.63, 3.8) is 0 Å². The molecule has 3 rings (SSSR count). The molecule has 1 aliphatic rings. The summed E-state index contributed by atoms with van der Waals surface area (Å²) in [5, 5.41) is 4.83. The lowest BCUT2D eigenvalue weighted by Crippen LogP contribution is -2.53. The van der Waals surface area contributed by atoms with E-state index in [9.17, 15) is 4.39 Å². The molecule has 1 saturated heterocycles. The molecule has 2 aromatic rings. The molecule has 1 aliphatic heterocycles. The van der Waals surface area contributed by atoms with Crippen LogP contribution in [0.2, 0.25) is 0 Å². The van der Waals surface area contributed by atoms with Crippen LogP contribution in [0.5, 0.6) is 0 Å². The molecule has 0 radical (unpaired) electrons. The third kappa shape index (κ3) is 2.34. The number of rotatable bonds is 3. The molecule has 1 aromatic carbocycles. The second-order valence-corrected chi connectivity index (χ2v) is 4.98. The van der Waals surface area contributed by atoms with E-state index in [4.69, 9.17) is 4.74 Å². The van der Waals surface area contributed by atoms with Gasteiger partial charge in [0.05, 0.1) is 12.6 Å². The number of aromatic nitrogens is 1. The minimum absolute atomic E-state index is 0.204. The normalized spacial score (nSPS) is 19.5. The second-order valence-electron chi connectivity index (χ2n) is 4.98. The van der Waals surface area contributed by atoms with Crippen LogP contribution in [0.25, 0.3) is 10.8 Å². The van der Waals surface area contributed by atoms with E-state index in [2.05, 4.69) is 15.2 Å². The summed E-state index contributed by atoms with van der Waals surface area (Å²) >= 11 is 0. The monoisotopic (exact) mass is 275 g/mol.